The monoisotopic (exact) mass is 441 g/mol. The molecular formula is C26H29ClFNO2. The van der Waals surface area contributed by atoms with Crippen LogP contribution in [0.5, 0.6) is 11.5 Å². The van der Waals surface area contributed by atoms with Crippen molar-refractivity contribution in [2.24, 2.45) is 5.92 Å². The summed E-state index contributed by atoms with van der Waals surface area (Å²) >= 11 is 0. The summed E-state index contributed by atoms with van der Waals surface area (Å²) in [6.45, 7) is 4.44. The molecule has 2 unspecified atom stereocenters. The van der Waals surface area contributed by atoms with Gasteiger partial charge in [-0.15, -0.1) is 0 Å². The Balaban J connectivity index is 0.00000272. The zero-order valence-corrected chi connectivity index (χ0v) is 18.4. The second-order valence-electron chi connectivity index (χ2n) is 8.00. The third-order valence-corrected chi connectivity index (χ3v) is 5.75. The summed E-state index contributed by atoms with van der Waals surface area (Å²) in [5.74, 6) is 2.18. The molecule has 3 nitrogen and oxygen atoms in total. The van der Waals surface area contributed by atoms with Crippen LogP contribution in [0.4, 0.5) is 4.39 Å². The summed E-state index contributed by atoms with van der Waals surface area (Å²) in [4.78, 5) is 1.54. The molecule has 0 spiro atoms. The molecule has 31 heavy (non-hydrogen) atoms. The highest BCUT2D eigenvalue weighted by Gasteiger charge is 2.26. The molecule has 1 fully saturated rings. The Labute approximate surface area is 190 Å². The lowest BCUT2D eigenvalue weighted by atomic mass is 9.98. The fourth-order valence-corrected chi connectivity index (χ4v) is 4.08. The van der Waals surface area contributed by atoms with Crippen LogP contribution in [0.25, 0.3) is 0 Å². The Morgan fingerprint density at radius 3 is 2.26 bits per heavy atom. The van der Waals surface area contributed by atoms with Crippen LogP contribution in [0.15, 0.2) is 78.9 Å². The molecule has 1 N–H and O–H groups in total. The van der Waals surface area contributed by atoms with Gasteiger partial charge in [0.25, 0.3) is 0 Å². The molecule has 2 atom stereocenters. The predicted molar refractivity (Wildman–Crippen MR) is 116 cm³/mol. The molecule has 4 rings (SSSR count). The lowest BCUT2D eigenvalue weighted by Gasteiger charge is -2.14. The first-order valence-corrected chi connectivity index (χ1v) is 10.7. The summed E-state index contributed by atoms with van der Waals surface area (Å²) in [6, 6.07) is 25.1. The first-order valence-electron chi connectivity index (χ1n) is 10.7. The average Bonchev–Trinajstić information content (AvgIpc) is 3.23. The van der Waals surface area contributed by atoms with Crippen LogP contribution < -0.4 is 26.8 Å². The van der Waals surface area contributed by atoms with E-state index in [1.807, 2.05) is 54.6 Å². The van der Waals surface area contributed by atoms with E-state index >= 15 is 0 Å². The maximum atomic E-state index is 13.9. The highest BCUT2D eigenvalue weighted by Crippen LogP contribution is 2.19. The molecule has 1 aliphatic rings. The Bertz CT molecular complexity index is 920. The van der Waals surface area contributed by atoms with Crippen molar-refractivity contribution in [1.29, 1.82) is 0 Å². The summed E-state index contributed by atoms with van der Waals surface area (Å²) < 4.78 is 25.6. The molecule has 0 radical (unpaired) electrons. The van der Waals surface area contributed by atoms with E-state index in [4.69, 9.17) is 9.47 Å². The molecule has 0 bridgehead atoms. The van der Waals surface area contributed by atoms with Crippen molar-refractivity contribution in [3.63, 3.8) is 0 Å². The molecule has 1 saturated heterocycles. The Hall–Kier alpha value is -2.56. The quantitative estimate of drug-likeness (QED) is 0.534. The van der Waals surface area contributed by atoms with Gasteiger partial charge in [0.05, 0.1) is 13.1 Å². The zero-order valence-electron chi connectivity index (χ0n) is 17.6. The summed E-state index contributed by atoms with van der Waals surface area (Å²) in [6.07, 6.45) is 1.98. The van der Waals surface area contributed by atoms with Crippen LogP contribution in [0.2, 0.25) is 0 Å². The first kappa shape index (κ1) is 23.1. The van der Waals surface area contributed by atoms with Crippen LogP contribution in [-0.4, -0.2) is 26.2 Å². The second-order valence-corrected chi connectivity index (χ2v) is 8.00. The molecule has 3 aromatic rings. The van der Waals surface area contributed by atoms with Crippen molar-refractivity contribution < 1.29 is 31.2 Å². The number of likely N-dealkylation sites (tertiary alicyclic amines) is 1. The van der Waals surface area contributed by atoms with Gasteiger partial charge in [-0.1, -0.05) is 48.5 Å². The van der Waals surface area contributed by atoms with Gasteiger partial charge in [0, 0.05) is 12.3 Å². The van der Waals surface area contributed by atoms with E-state index in [-0.39, 0.29) is 18.2 Å². The fourth-order valence-electron chi connectivity index (χ4n) is 4.08. The number of hydrogen-bond acceptors (Lipinski definition) is 2. The third kappa shape index (κ3) is 6.98. The first-order chi connectivity index (χ1) is 14.8. The molecular weight excluding hydrogens is 413 g/mol. The molecule has 0 amide bonds. The highest BCUT2D eigenvalue weighted by atomic mass is 35.5. The van der Waals surface area contributed by atoms with Crippen molar-refractivity contribution in [2.75, 3.05) is 26.2 Å². The van der Waals surface area contributed by atoms with Crippen molar-refractivity contribution in [2.45, 2.75) is 19.4 Å². The minimum Gasteiger partial charge on any atom is -1.00 e. The number of ether oxygens (including phenoxy) is 2. The number of quaternary nitrogens is 1. The highest BCUT2D eigenvalue weighted by molar-refractivity contribution is 5.31. The number of hydrogen-bond donors (Lipinski definition) is 1. The molecule has 1 heterocycles. The average molecular weight is 442 g/mol. The molecule has 0 aromatic heterocycles. The van der Waals surface area contributed by atoms with E-state index in [0.717, 1.165) is 55.1 Å². The largest absolute Gasteiger partial charge is 1.00 e. The maximum absolute atomic E-state index is 13.9. The minimum atomic E-state index is -0.0783. The number of benzene rings is 3. The van der Waals surface area contributed by atoms with Gasteiger partial charge in [0.1, 0.15) is 37.1 Å². The summed E-state index contributed by atoms with van der Waals surface area (Å²) in [7, 11) is 0. The van der Waals surface area contributed by atoms with Crippen LogP contribution >= 0.6 is 0 Å². The van der Waals surface area contributed by atoms with Crippen LogP contribution in [0, 0.1) is 11.7 Å². The van der Waals surface area contributed by atoms with Gasteiger partial charge in [-0.25, -0.2) is 4.39 Å². The maximum Gasteiger partial charge on any atom is 0.137 e. The van der Waals surface area contributed by atoms with Crippen LogP contribution in [0.1, 0.15) is 17.5 Å². The predicted octanol–water partition coefficient (Wildman–Crippen LogP) is 0.935. The molecule has 5 heteroatoms. The molecule has 1 aliphatic heterocycles. The zero-order chi connectivity index (χ0) is 20.6. The van der Waals surface area contributed by atoms with Crippen molar-refractivity contribution in [3.8, 4) is 11.5 Å². The van der Waals surface area contributed by atoms with Crippen molar-refractivity contribution in [1.82, 2.24) is 0 Å². The molecule has 164 valence electrons. The smallest absolute Gasteiger partial charge is 0.137 e. The molecule has 0 saturated carbocycles. The second kappa shape index (κ2) is 11.7. The van der Waals surface area contributed by atoms with Crippen LogP contribution in [-0.2, 0) is 13.0 Å². The standard InChI is InChI=1S/C26H28FNO2.ClH/c27-26-9-5-4-8-23(26)18-22-14-15-28(19-22)16-17-29-24-10-12-25(13-11-24)30-20-21-6-2-1-3-7-21;/h1-13,22H,14-20H2;1H. The molecule has 0 aliphatic carbocycles. The van der Waals surface area contributed by atoms with E-state index < -0.39 is 0 Å². The Morgan fingerprint density at radius 1 is 0.839 bits per heavy atom. The van der Waals surface area contributed by atoms with E-state index in [9.17, 15) is 4.39 Å². The Kier molecular flexibility index (Phi) is 8.74. The SMILES string of the molecule is Fc1ccccc1CC1CC[NH+](CCOc2ccc(OCc3ccccc3)cc2)C1.[Cl-]. The van der Waals surface area contributed by atoms with Crippen molar-refractivity contribution >= 4 is 0 Å². The summed E-state index contributed by atoms with van der Waals surface area (Å²) in [5.41, 5.74) is 1.99. The van der Waals surface area contributed by atoms with E-state index in [1.54, 1.807) is 17.0 Å². The lowest BCUT2D eigenvalue weighted by molar-refractivity contribution is -0.888. The van der Waals surface area contributed by atoms with Gasteiger partial charge in [-0.05, 0) is 47.9 Å². The lowest BCUT2D eigenvalue weighted by Crippen LogP contribution is -3.10. The van der Waals surface area contributed by atoms with Gasteiger partial charge in [0.15, 0.2) is 0 Å². The van der Waals surface area contributed by atoms with E-state index in [2.05, 4.69) is 12.1 Å². The van der Waals surface area contributed by atoms with E-state index in [0.29, 0.717) is 19.1 Å². The molecule has 3 aromatic carbocycles. The van der Waals surface area contributed by atoms with Crippen molar-refractivity contribution in [3.05, 3.63) is 95.8 Å². The van der Waals surface area contributed by atoms with E-state index in [1.165, 1.54) is 0 Å². The summed E-state index contributed by atoms with van der Waals surface area (Å²) in [5, 5.41) is 0. The number of rotatable bonds is 9. The van der Waals surface area contributed by atoms with Gasteiger partial charge >= 0.3 is 0 Å². The minimum absolute atomic E-state index is 0. The van der Waals surface area contributed by atoms with Gasteiger partial charge in [0.2, 0.25) is 0 Å². The van der Waals surface area contributed by atoms with Crippen LogP contribution in [0.3, 0.4) is 0 Å². The van der Waals surface area contributed by atoms with Gasteiger partial charge in [-0.2, -0.15) is 0 Å². The number of nitrogens with one attached hydrogen (secondary N) is 1. The normalized spacial score (nSPS) is 17.7. The fraction of sp³-hybridized carbons (Fsp3) is 0.308. The van der Waals surface area contributed by atoms with Gasteiger partial charge in [-0.3, -0.25) is 0 Å². The third-order valence-electron chi connectivity index (χ3n) is 5.75. The van der Waals surface area contributed by atoms with Gasteiger partial charge < -0.3 is 26.8 Å². The number of halogens is 2. The Morgan fingerprint density at radius 2 is 1.52 bits per heavy atom. The topological polar surface area (TPSA) is 22.9 Å².